The van der Waals surface area contributed by atoms with E-state index in [0.29, 0.717) is 10.2 Å². The summed E-state index contributed by atoms with van der Waals surface area (Å²) in [4.78, 5) is 16.7. The number of methoxy groups -OCH3 is 2. The highest BCUT2D eigenvalue weighted by molar-refractivity contribution is 8.33. The van der Waals surface area contributed by atoms with Gasteiger partial charge in [-0.3, -0.25) is 4.79 Å². The predicted octanol–water partition coefficient (Wildman–Crippen LogP) is 3.12. The third-order valence-corrected chi connectivity index (χ3v) is 5.17. The van der Waals surface area contributed by atoms with E-state index < -0.39 is 10.5 Å². The van der Waals surface area contributed by atoms with Crippen LogP contribution in [0.4, 0.5) is 0 Å². The first-order chi connectivity index (χ1) is 10.7. The summed E-state index contributed by atoms with van der Waals surface area (Å²) in [6.07, 6.45) is 0.104. The minimum Gasteiger partial charge on any atom is -0.487 e. The Morgan fingerprint density at radius 2 is 2.05 bits per heavy atom. The molecule has 1 aliphatic heterocycles. The van der Waals surface area contributed by atoms with Crippen molar-refractivity contribution in [1.29, 1.82) is 0 Å². The maximum Gasteiger partial charge on any atom is 0.310 e. The summed E-state index contributed by atoms with van der Waals surface area (Å²) in [6.45, 7) is 0.230. The smallest absolute Gasteiger partial charge is 0.310 e. The summed E-state index contributed by atoms with van der Waals surface area (Å²) in [7, 11) is 2.23. The van der Waals surface area contributed by atoms with E-state index in [9.17, 15) is 4.79 Å². The molecule has 2 rings (SSSR count). The zero-order chi connectivity index (χ0) is 15.9. The highest BCUT2D eigenvalue weighted by atomic mass is 35.5. The van der Waals surface area contributed by atoms with E-state index >= 15 is 0 Å². The minimum absolute atomic E-state index is 0.104. The van der Waals surface area contributed by atoms with Gasteiger partial charge in [0.25, 0.3) is 0 Å². The molecule has 1 atom stereocenters. The van der Waals surface area contributed by atoms with Crippen molar-refractivity contribution in [1.82, 2.24) is 0 Å². The molecule has 1 unspecified atom stereocenters. The van der Waals surface area contributed by atoms with Gasteiger partial charge in [0, 0.05) is 12.0 Å². The largest absolute Gasteiger partial charge is 0.487 e. The van der Waals surface area contributed by atoms with E-state index in [1.54, 1.807) is 5.55 Å². The lowest BCUT2D eigenvalue weighted by Gasteiger charge is -2.09. The van der Waals surface area contributed by atoms with E-state index in [4.69, 9.17) is 25.8 Å². The molecule has 1 heterocycles. The van der Waals surface area contributed by atoms with Crippen molar-refractivity contribution < 1.29 is 19.0 Å². The lowest BCUT2D eigenvalue weighted by atomic mass is 10.3. The molecular formula is C15H16ClNO4S. The number of carbonyl (C=O) groups excluding carboxylic acids is 1. The van der Waals surface area contributed by atoms with Crippen LogP contribution < -0.4 is 4.74 Å². The van der Waals surface area contributed by atoms with Crippen LogP contribution in [0.1, 0.15) is 6.42 Å². The van der Waals surface area contributed by atoms with Gasteiger partial charge in [-0.05, 0) is 12.1 Å². The van der Waals surface area contributed by atoms with Gasteiger partial charge in [-0.2, -0.15) is 0 Å². The van der Waals surface area contributed by atoms with E-state index in [1.165, 1.54) is 14.2 Å². The van der Waals surface area contributed by atoms with Crippen molar-refractivity contribution in [3.8, 4) is 5.75 Å². The molecule has 1 aromatic rings. The number of rotatable bonds is 6. The highest BCUT2D eigenvalue weighted by Gasteiger charge is 2.24. The molecule has 0 amide bonds. The molecule has 118 valence electrons. The first-order valence-corrected chi connectivity index (χ1v) is 8.12. The summed E-state index contributed by atoms with van der Waals surface area (Å²) >= 11 is 6.16. The predicted molar refractivity (Wildman–Crippen MR) is 89.5 cm³/mol. The van der Waals surface area contributed by atoms with Crippen molar-refractivity contribution in [2.45, 2.75) is 6.42 Å². The fraction of sp³-hybridized carbons (Fsp3) is 0.267. The summed E-state index contributed by atoms with van der Waals surface area (Å²) in [5, 5.41) is 0. The zero-order valence-electron chi connectivity index (χ0n) is 12.2. The number of hydrogen-bond acceptors (Lipinski definition) is 5. The Morgan fingerprint density at radius 3 is 2.68 bits per heavy atom. The molecule has 22 heavy (non-hydrogen) atoms. The van der Waals surface area contributed by atoms with Gasteiger partial charge in [-0.25, -0.2) is 4.99 Å². The number of hydrogen-bond donors (Lipinski definition) is 0. The summed E-state index contributed by atoms with van der Waals surface area (Å²) in [6, 6.07) is 9.37. The van der Waals surface area contributed by atoms with E-state index in [1.807, 2.05) is 30.3 Å². The first-order valence-electron chi connectivity index (χ1n) is 6.45. The Bertz CT molecular complexity index is 640. The Hall–Kier alpha value is -1.63. The quantitative estimate of drug-likeness (QED) is 0.589. The van der Waals surface area contributed by atoms with Crippen LogP contribution >= 0.6 is 22.1 Å². The van der Waals surface area contributed by atoms with Gasteiger partial charge in [0.05, 0.1) is 24.8 Å². The van der Waals surface area contributed by atoms with Crippen molar-refractivity contribution >= 4 is 38.1 Å². The number of esters is 1. The highest BCUT2D eigenvalue weighted by Crippen LogP contribution is 2.40. The summed E-state index contributed by atoms with van der Waals surface area (Å²) < 4.78 is 15.8. The summed E-state index contributed by atoms with van der Waals surface area (Å²) in [5.41, 5.74) is 2.20. The van der Waals surface area contributed by atoms with E-state index in [2.05, 4.69) is 4.99 Å². The third-order valence-electron chi connectivity index (χ3n) is 2.84. The van der Waals surface area contributed by atoms with Gasteiger partial charge < -0.3 is 14.2 Å². The van der Waals surface area contributed by atoms with Gasteiger partial charge in [0.1, 0.15) is 12.4 Å². The molecule has 0 fully saturated rings. The Labute approximate surface area is 136 Å². The van der Waals surface area contributed by atoms with Crippen LogP contribution in [0.15, 0.2) is 45.9 Å². The average molecular weight is 342 g/mol. The number of para-hydroxylation sites is 1. The van der Waals surface area contributed by atoms with Crippen molar-refractivity contribution in [3.05, 3.63) is 40.9 Å². The zero-order valence-corrected chi connectivity index (χ0v) is 13.8. The number of carbonyl (C=O) groups is 1. The minimum atomic E-state index is -0.653. The number of aliphatic imine (C=N–C) groups is 1. The monoisotopic (exact) mass is 341 g/mol. The second-order valence-corrected chi connectivity index (χ2v) is 6.59. The molecule has 7 heteroatoms. The molecule has 0 aliphatic carbocycles. The second-order valence-electron chi connectivity index (χ2n) is 4.26. The number of benzene rings is 1. The molecule has 0 aromatic heterocycles. The van der Waals surface area contributed by atoms with Crippen molar-refractivity contribution in [2.24, 2.45) is 4.99 Å². The van der Waals surface area contributed by atoms with Crippen LogP contribution in [0.2, 0.25) is 0 Å². The average Bonchev–Trinajstić information content (AvgIpc) is 2.82. The normalized spacial score (nSPS) is 17.6. The van der Waals surface area contributed by atoms with E-state index in [-0.39, 0.29) is 19.0 Å². The molecule has 0 bridgehead atoms. The maximum absolute atomic E-state index is 11.6. The van der Waals surface area contributed by atoms with Gasteiger partial charge in [0.2, 0.25) is 0 Å². The first kappa shape index (κ1) is 16.7. The Balaban J connectivity index is 2.21. The lowest BCUT2D eigenvalue weighted by molar-refractivity contribution is -0.139. The van der Waals surface area contributed by atoms with Crippen LogP contribution in [0, 0.1) is 0 Å². The van der Waals surface area contributed by atoms with Gasteiger partial charge in [-0.1, -0.05) is 40.3 Å². The topological polar surface area (TPSA) is 57.1 Å². The third kappa shape index (κ3) is 4.19. The van der Waals surface area contributed by atoms with E-state index in [0.717, 1.165) is 10.7 Å². The molecular weight excluding hydrogens is 326 g/mol. The number of ether oxygens (including phenoxy) is 3. The fourth-order valence-electron chi connectivity index (χ4n) is 1.80. The molecule has 1 aromatic carbocycles. The van der Waals surface area contributed by atoms with Crippen LogP contribution in [0.5, 0.6) is 5.75 Å². The maximum atomic E-state index is 11.6. The van der Waals surface area contributed by atoms with Crippen LogP contribution in [-0.2, 0) is 14.3 Å². The fourth-order valence-corrected chi connectivity index (χ4v) is 3.73. The Morgan fingerprint density at radius 1 is 1.32 bits per heavy atom. The van der Waals surface area contributed by atoms with Gasteiger partial charge in [0.15, 0.2) is 4.50 Å². The molecule has 0 radical (unpaired) electrons. The summed E-state index contributed by atoms with van der Waals surface area (Å²) in [5.74, 6) is 0.372. The molecule has 0 spiro atoms. The molecule has 0 saturated carbocycles. The number of halogens is 1. The molecule has 0 saturated heterocycles. The lowest BCUT2D eigenvalue weighted by Crippen LogP contribution is -2.05. The SMILES string of the molecule is COC=S1C(Cl)=NC(COc2ccccc2)=C1CC(=O)OC. The van der Waals surface area contributed by atoms with Crippen LogP contribution in [0.3, 0.4) is 0 Å². The van der Waals surface area contributed by atoms with Crippen molar-refractivity contribution in [3.63, 3.8) is 0 Å². The Kier molecular flexibility index (Phi) is 6.18. The molecule has 0 N–H and O–H groups in total. The molecule has 1 aliphatic rings. The van der Waals surface area contributed by atoms with Crippen molar-refractivity contribution in [2.75, 3.05) is 20.8 Å². The number of nitrogens with zero attached hydrogens (tertiary/aromatic N) is 1. The van der Waals surface area contributed by atoms with Crippen LogP contribution in [0.25, 0.3) is 0 Å². The standard InChI is InChI=1S/C15H16ClNO4S/c1-19-10-22-13(8-14(18)20-2)12(17-15(22)16)9-21-11-6-4-3-5-7-11/h3-7,10H,8-9H2,1-2H3. The van der Waals surface area contributed by atoms with Gasteiger partial charge >= 0.3 is 5.97 Å². The second kappa shape index (κ2) is 8.12. The molecule has 5 nitrogen and oxygen atoms in total. The van der Waals surface area contributed by atoms with Crippen LogP contribution in [-0.4, -0.2) is 36.9 Å². The van der Waals surface area contributed by atoms with Gasteiger partial charge in [-0.15, -0.1) is 0 Å².